The zero-order chi connectivity index (χ0) is 14.1. The number of benzene rings is 2. The van der Waals surface area contributed by atoms with Gasteiger partial charge in [-0.15, -0.1) is 0 Å². The number of aliphatic hydroxyl groups excluding tert-OH is 1. The van der Waals surface area contributed by atoms with Crippen molar-refractivity contribution >= 4 is 45.0 Å². The number of fused-ring (bicyclic) bond motifs is 1. The molecule has 1 unspecified atom stereocenters. The Hall–Kier alpha value is -1.17. The maximum absolute atomic E-state index is 10.7. The molecule has 1 aromatic heterocycles. The van der Waals surface area contributed by atoms with Gasteiger partial charge in [-0.1, -0.05) is 35.9 Å². The maximum Gasteiger partial charge on any atom is 0.107 e. The summed E-state index contributed by atoms with van der Waals surface area (Å²) in [6.07, 6.45) is 2.78. The van der Waals surface area contributed by atoms with E-state index >= 15 is 0 Å². The van der Waals surface area contributed by atoms with E-state index in [0.717, 1.165) is 25.5 Å². The van der Waals surface area contributed by atoms with Crippen LogP contribution in [0.2, 0.25) is 5.02 Å². The van der Waals surface area contributed by atoms with Gasteiger partial charge in [-0.05, 0) is 51.7 Å². The number of nitrogens with zero attached hydrogens (tertiary/aromatic N) is 1. The van der Waals surface area contributed by atoms with Crippen molar-refractivity contribution in [3.8, 4) is 0 Å². The standard InChI is InChI=1S/C16H11ClINO/c17-11-5-6-15(18)13(7-11)16(20)14-9-19-8-10-3-1-2-4-12(10)14/h1-9,16,20H. The Labute approximate surface area is 135 Å². The lowest BCUT2D eigenvalue weighted by Gasteiger charge is -2.15. The SMILES string of the molecule is OC(c1cc(Cl)ccc1I)c1cncc2ccccc12. The smallest absolute Gasteiger partial charge is 0.107 e. The van der Waals surface area contributed by atoms with Crippen molar-refractivity contribution < 1.29 is 5.11 Å². The van der Waals surface area contributed by atoms with Crippen molar-refractivity contribution in [2.24, 2.45) is 0 Å². The topological polar surface area (TPSA) is 33.1 Å². The van der Waals surface area contributed by atoms with Crippen molar-refractivity contribution in [1.29, 1.82) is 0 Å². The minimum Gasteiger partial charge on any atom is -0.384 e. The summed E-state index contributed by atoms with van der Waals surface area (Å²) in [5.74, 6) is 0. The third kappa shape index (κ3) is 2.53. The summed E-state index contributed by atoms with van der Waals surface area (Å²) in [5, 5.41) is 13.3. The highest BCUT2D eigenvalue weighted by molar-refractivity contribution is 14.1. The Kier molecular flexibility index (Phi) is 3.92. The van der Waals surface area contributed by atoms with Crippen LogP contribution in [0, 0.1) is 3.57 Å². The Morgan fingerprint density at radius 3 is 2.70 bits per heavy atom. The Bertz CT molecular complexity index is 770. The average molecular weight is 396 g/mol. The lowest BCUT2D eigenvalue weighted by atomic mass is 9.98. The molecule has 3 aromatic rings. The third-order valence-electron chi connectivity index (χ3n) is 3.25. The minimum atomic E-state index is -0.737. The van der Waals surface area contributed by atoms with E-state index in [0.29, 0.717) is 5.02 Å². The number of rotatable bonds is 2. The molecule has 0 aliphatic heterocycles. The van der Waals surface area contributed by atoms with Crippen LogP contribution < -0.4 is 0 Å². The summed E-state index contributed by atoms with van der Waals surface area (Å²) in [6.45, 7) is 0. The fourth-order valence-electron chi connectivity index (χ4n) is 2.25. The molecule has 20 heavy (non-hydrogen) atoms. The quantitative estimate of drug-likeness (QED) is 0.645. The maximum atomic E-state index is 10.7. The molecular weight excluding hydrogens is 385 g/mol. The molecule has 1 atom stereocenters. The number of hydrogen-bond acceptors (Lipinski definition) is 2. The van der Waals surface area contributed by atoms with Crippen LogP contribution in [0.3, 0.4) is 0 Å². The van der Waals surface area contributed by atoms with Crippen molar-refractivity contribution in [2.45, 2.75) is 6.10 Å². The first-order valence-electron chi connectivity index (χ1n) is 6.12. The van der Waals surface area contributed by atoms with E-state index in [2.05, 4.69) is 27.6 Å². The van der Waals surface area contributed by atoms with Gasteiger partial charge >= 0.3 is 0 Å². The molecule has 100 valence electrons. The summed E-state index contributed by atoms with van der Waals surface area (Å²) in [4.78, 5) is 4.22. The van der Waals surface area contributed by atoms with Crippen LogP contribution in [0.25, 0.3) is 10.8 Å². The molecule has 0 fully saturated rings. The molecule has 0 bridgehead atoms. The van der Waals surface area contributed by atoms with Gasteiger partial charge in [0.2, 0.25) is 0 Å². The first-order valence-corrected chi connectivity index (χ1v) is 7.58. The van der Waals surface area contributed by atoms with Gasteiger partial charge in [0.25, 0.3) is 0 Å². The summed E-state index contributed by atoms with van der Waals surface area (Å²) in [6, 6.07) is 13.4. The highest BCUT2D eigenvalue weighted by atomic mass is 127. The van der Waals surface area contributed by atoms with Crippen LogP contribution in [0.5, 0.6) is 0 Å². The van der Waals surface area contributed by atoms with E-state index in [1.807, 2.05) is 36.4 Å². The molecule has 4 heteroatoms. The number of pyridine rings is 1. The highest BCUT2D eigenvalue weighted by Gasteiger charge is 2.17. The van der Waals surface area contributed by atoms with E-state index in [4.69, 9.17) is 11.6 Å². The van der Waals surface area contributed by atoms with E-state index < -0.39 is 6.10 Å². The molecule has 0 amide bonds. The van der Waals surface area contributed by atoms with Crippen LogP contribution >= 0.6 is 34.2 Å². The number of aliphatic hydroxyl groups is 1. The molecule has 3 rings (SSSR count). The second-order valence-corrected chi connectivity index (χ2v) is 6.12. The predicted molar refractivity (Wildman–Crippen MR) is 90.0 cm³/mol. The van der Waals surface area contributed by atoms with E-state index in [1.165, 1.54) is 0 Å². The van der Waals surface area contributed by atoms with Crippen LogP contribution in [0.1, 0.15) is 17.2 Å². The monoisotopic (exact) mass is 395 g/mol. The fourth-order valence-corrected chi connectivity index (χ4v) is 3.06. The zero-order valence-corrected chi connectivity index (χ0v) is 13.3. The average Bonchev–Trinajstić information content (AvgIpc) is 2.48. The van der Waals surface area contributed by atoms with Crippen LogP contribution in [-0.4, -0.2) is 10.1 Å². The van der Waals surface area contributed by atoms with Gasteiger partial charge in [-0.2, -0.15) is 0 Å². The molecule has 1 heterocycles. The Morgan fingerprint density at radius 1 is 1.05 bits per heavy atom. The van der Waals surface area contributed by atoms with Gasteiger partial charge in [0.15, 0.2) is 0 Å². The fraction of sp³-hybridized carbons (Fsp3) is 0.0625. The van der Waals surface area contributed by atoms with Crippen LogP contribution in [0.4, 0.5) is 0 Å². The normalized spacial score (nSPS) is 12.6. The molecule has 0 aliphatic rings. The van der Waals surface area contributed by atoms with E-state index in [-0.39, 0.29) is 0 Å². The second kappa shape index (κ2) is 5.68. The molecule has 1 N–H and O–H groups in total. The summed E-state index contributed by atoms with van der Waals surface area (Å²) in [7, 11) is 0. The molecule has 0 saturated heterocycles. The summed E-state index contributed by atoms with van der Waals surface area (Å²) < 4.78 is 0.979. The number of hydrogen-bond donors (Lipinski definition) is 1. The summed E-state index contributed by atoms with van der Waals surface area (Å²) >= 11 is 8.24. The van der Waals surface area contributed by atoms with Crippen LogP contribution in [0.15, 0.2) is 54.9 Å². The number of aromatic nitrogens is 1. The molecule has 2 nitrogen and oxygen atoms in total. The molecule has 0 saturated carbocycles. The lowest BCUT2D eigenvalue weighted by Crippen LogP contribution is -2.03. The predicted octanol–water partition coefficient (Wildman–Crippen LogP) is 4.57. The van der Waals surface area contributed by atoms with Crippen molar-refractivity contribution in [1.82, 2.24) is 4.98 Å². The Morgan fingerprint density at radius 2 is 1.85 bits per heavy atom. The van der Waals surface area contributed by atoms with Crippen LogP contribution in [-0.2, 0) is 0 Å². The van der Waals surface area contributed by atoms with Gasteiger partial charge in [-0.3, -0.25) is 4.98 Å². The Balaban J connectivity index is 2.17. The van der Waals surface area contributed by atoms with Crippen molar-refractivity contribution in [3.05, 3.63) is 74.6 Å². The van der Waals surface area contributed by atoms with Crippen molar-refractivity contribution in [2.75, 3.05) is 0 Å². The summed E-state index contributed by atoms with van der Waals surface area (Å²) in [5.41, 5.74) is 1.60. The molecule has 2 aromatic carbocycles. The van der Waals surface area contributed by atoms with E-state index in [9.17, 15) is 5.11 Å². The molecular formula is C16H11ClINO. The molecule has 0 spiro atoms. The first-order chi connectivity index (χ1) is 9.66. The van der Waals surface area contributed by atoms with Gasteiger partial charge < -0.3 is 5.11 Å². The largest absolute Gasteiger partial charge is 0.384 e. The second-order valence-electron chi connectivity index (χ2n) is 4.52. The molecule has 0 radical (unpaired) electrons. The lowest BCUT2D eigenvalue weighted by molar-refractivity contribution is 0.220. The van der Waals surface area contributed by atoms with Gasteiger partial charge in [-0.25, -0.2) is 0 Å². The van der Waals surface area contributed by atoms with Gasteiger partial charge in [0, 0.05) is 31.9 Å². The third-order valence-corrected chi connectivity index (χ3v) is 4.46. The van der Waals surface area contributed by atoms with Gasteiger partial charge in [0.1, 0.15) is 6.10 Å². The van der Waals surface area contributed by atoms with Crippen molar-refractivity contribution in [3.63, 3.8) is 0 Å². The minimum absolute atomic E-state index is 0.618. The highest BCUT2D eigenvalue weighted by Crippen LogP contribution is 2.31. The number of halogens is 2. The first kappa shape index (κ1) is 13.8. The van der Waals surface area contributed by atoms with E-state index in [1.54, 1.807) is 18.5 Å². The van der Waals surface area contributed by atoms with Gasteiger partial charge in [0.05, 0.1) is 0 Å². The zero-order valence-electron chi connectivity index (χ0n) is 10.4. The molecule has 0 aliphatic carbocycles.